The molecular weight excluding hydrogens is 402 g/mol. The molecule has 0 unspecified atom stereocenters. The summed E-state index contributed by atoms with van der Waals surface area (Å²) in [6.07, 6.45) is 1.59. The molecule has 1 aliphatic heterocycles. The van der Waals surface area contributed by atoms with Crippen LogP contribution in [0.1, 0.15) is 49.2 Å². The van der Waals surface area contributed by atoms with Crippen molar-refractivity contribution in [3.05, 3.63) is 64.1 Å². The van der Waals surface area contributed by atoms with Crippen molar-refractivity contribution in [2.24, 2.45) is 0 Å². The number of nitrogens with one attached hydrogen (secondary N) is 1. The second-order valence-corrected chi connectivity index (χ2v) is 8.72. The van der Waals surface area contributed by atoms with Gasteiger partial charge in [0.1, 0.15) is 0 Å². The third kappa shape index (κ3) is 5.10. The minimum Gasteiger partial charge on any atom is -0.490 e. The van der Waals surface area contributed by atoms with Crippen molar-refractivity contribution in [2.45, 2.75) is 33.1 Å². The van der Waals surface area contributed by atoms with Gasteiger partial charge in [0.25, 0.3) is 11.1 Å². The molecule has 0 aliphatic carbocycles. The molecule has 1 saturated heterocycles. The lowest BCUT2D eigenvalue weighted by Gasteiger charge is -2.19. The average Bonchev–Trinajstić information content (AvgIpc) is 3.00. The van der Waals surface area contributed by atoms with Crippen molar-refractivity contribution in [2.75, 3.05) is 6.61 Å². The van der Waals surface area contributed by atoms with Gasteiger partial charge in [-0.1, -0.05) is 39.0 Å². The Morgan fingerprint density at radius 3 is 2.33 bits per heavy atom. The fourth-order valence-corrected chi connectivity index (χ4v) is 3.49. The van der Waals surface area contributed by atoms with Crippen molar-refractivity contribution in [3.8, 4) is 11.5 Å². The molecule has 30 heavy (non-hydrogen) atoms. The first-order chi connectivity index (χ1) is 14.2. The summed E-state index contributed by atoms with van der Waals surface area (Å²) in [7, 11) is 0. The molecular formula is C23H23NO5S. The van der Waals surface area contributed by atoms with Crippen LogP contribution < -0.4 is 14.8 Å². The Bertz CT molecular complexity index is 1020. The number of hydrogen-bond donors (Lipinski definition) is 1. The third-order valence-corrected chi connectivity index (χ3v) is 5.21. The molecule has 1 aliphatic rings. The molecule has 156 valence electrons. The van der Waals surface area contributed by atoms with Crippen LogP contribution in [0.4, 0.5) is 4.79 Å². The summed E-state index contributed by atoms with van der Waals surface area (Å²) in [5.41, 5.74) is 2.21. The van der Waals surface area contributed by atoms with Crippen LogP contribution in [0.25, 0.3) is 6.08 Å². The van der Waals surface area contributed by atoms with E-state index in [-0.39, 0.29) is 11.2 Å². The van der Waals surface area contributed by atoms with Crippen molar-refractivity contribution < 1.29 is 23.9 Å². The smallest absolute Gasteiger partial charge is 0.343 e. The first-order valence-corrected chi connectivity index (χ1v) is 10.3. The molecule has 0 saturated carbocycles. The van der Waals surface area contributed by atoms with E-state index >= 15 is 0 Å². The van der Waals surface area contributed by atoms with Crippen LogP contribution in [0.5, 0.6) is 11.5 Å². The Hall–Kier alpha value is -3.06. The number of amides is 2. The van der Waals surface area contributed by atoms with Gasteiger partial charge in [0.2, 0.25) is 0 Å². The van der Waals surface area contributed by atoms with Crippen molar-refractivity contribution in [1.29, 1.82) is 0 Å². The predicted octanol–water partition coefficient (Wildman–Crippen LogP) is 4.93. The fraction of sp³-hybridized carbons (Fsp3) is 0.261. The highest BCUT2D eigenvalue weighted by Crippen LogP contribution is 2.32. The van der Waals surface area contributed by atoms with Gasteiger partial charge in [-0.05, 0) is 65.6 Å². The summed E-state index contributed by atoms with van der Waals surface area (Å²) in [6, 6.07) is 12.3. The maximum Gasteiger partial charge on any atom is 0.343 e. The first kappa shape index (κ1) is 21.6. The molecule has 2 aromatic rings. The zero-order chi connectivity index (χ0) is 21.9. The molecule has 3 rings (SSSR count). The lowest BCUT2D eigenvalue weighted by Crippen LogP contribution is -2.17. The Balaban J connectivity index is 1.81. The molecule has 2 aromatic carbocycles. The standard InChI is InChI=1S/C23H23NO5S/c1-5-28-18-12-14(13-19-20(25)24-22(27)30-19)6-11-17(18)29-21(26)15-7-9-16(10-8-15)23(2,3)4/h6-13H,5H2,1-4H3,(H,24,25,27)/b19-13+. The Labute approximate surface area is 179 Å². The summed E-state index contributed by atoms with van der Waals surface area (Å²) in [4.78, 5) is 35.9. The van der Waals surface area contributed by atoms with Crippen LogP contribution in [0, 0.1) is 0 Å². The van der Waals surface area contributed by atoms with Crippen molar-refractivity contribution in [1.82, 2.24) is 5.32 Å². The van der Waals surface area contributed by atoms with E-state index in [9.17, 15) is 14.4 Å². The first-order valence-electron chi connectivity index (χ1n) is 9.52. The highest BCUT2D eigenvalue weighted by atomic mass is 32.2. The summed E-state index contributed by atoms with van der Waals surface area (Å²) < 4.78 is 11.2. The van der Waals surface area contributed by atoms with E-state index in [1.165, 1.54) is 0 Å². The maximum atomic E-state index is 12.6. The zero-order valence-corrected chi connectivity index (χ0v) is 18.1. The number of benzene rings is 2. The lowest BCUT2D eigenvalue weighted by molar-refractivity contribution is -0.115. The number of imide groups is 1. The van der Waals surface area contributed by atoms with Crippen molar-refractivity contribution >= 4 is 35.0 Å². The number of carbonyl (C=O) groups excluding carboxylic acids is 3. The summed E-state index contributed by atoms with van der Waals surface area (Å²) in [5, 5.41) is 1.81. The summed E-state index contributed by atoms with van der Waals surface area (Å²) in [5.74, 6) is -0.263. The summed E-state index contributed by atoms with van der Waals surface area (Å²) >= 11 is 0.838. The van der Waals surface area contributed by atoms with E-state index in [0.717, 1.165) is 17.3 Å². The van der Waals surface area contributed by atoms with Gasteiger partial charge in [-0.2, -0.15) is 0 Å². The molecule has 1 N–H and O–H groups in total. The number of thioether (sulfide) groups is 1. The van der Waals surface area contributed by atoms with E-state index in [4.69, 9.17) is 9.47 Å². The van der Waals surface area contributed by atoms with Gasteiger partial charge in [-0.25, -0.2) is 4.79 Å². The van der Waals surface area contributed by atoms with Gasteiger partial charge in [-0.15, -0.1) is 0 Å². The molecule has 6 nitrogen and oxygen atoms in total. The molecule has 0 spiro atoms. The zero-order valence-electron chi connectivity index (χ0n) is 17.3. The Kier molecular flexibility index (Phi) is 6.31. The molecule has 2 amide bonds. The lowest BCUT2D eigenvalue weighted by atomic mass is 9.87. The van der Waals surface area contributed by atoms with Crippen molar-refractivity contribution in [3.63, 3.8) is 0 Å². The monoisotopic (exact) mass is 425 g/mol. The Morgan fingerprint density at radius 2 is 1.77 bits per heavy atom. The molecule has 7 heteroatoms. The van der Waals surface area contributed by atoms with Gasteiger partial charge < -0.3 is 9.47 Å². The normalized spacial score (nSPS) is 15.3. The van der Waals surface area contributed by atoms with Crippen LogP contribution >= 0.6 is 11.8 Å². The number of esters is 1. The van der Waals surface area contributed by atoms with E-state index in [0.29, 0.717) is 28.4 Å². The molecule has 1 heterocycles. The number of rotatable bonds is 5. The van der Waals surface area contributed by atoms with E-state index in [1.54, 1.807) is 36.4 Å². The predicted molar refractivity (Wildman–Crippen MR) is 117 cm³/mol. The topological polar surface area (TPSA) is 81.7 Å². The van der Waals surface area contributed by atoms with Gasteiger partial charge in [0.05, 0.1) is 17.1 Å². The largest absolute Gasteiger partial charge is 0.490 e. The summed E-state index contributed by atoms with van der Waals surface area (Å²) in [6.45, 7) is 8.51. The number of carbonyl (C=O) groups is 3. The van der Waals surface area contributed by atoms with Gasteiger partial charge in [0.15, 0.2) is 11.5 Å². The Morgan fingerprint density at radius 1 is 1.07 bits per heavy atom. The van der Waals surface area contributed by atoms with E-state index in [1.807, 2.05) is 19.1 Å². The molecule has 1 fully saturated rings. The van der Waals surface area contributed by atoms with Crippen LogP contribution in [0.2, 0.25) is 0 Å². The number of ether oxygens (including phenoxy) is 2. The average molecular weight is 426 g/mol. The van der Waals surface area contributed by atoms with Crippen LogP contribution in [0.3, 0.4) is 0 Å². The fourth-order valence-electron chi connectivity index (χ4n) is 2.80. The molecule has 0 aromatic heterocycles. The van der Waals surface area contributed by atoms with Crippen LogP contribution in [0.15, 0.2) is 47.4 Å². The van der Waals surface area contributed by atoms with E-state index in [2.05, 4.69) is 26.1 Å². The van der Waals surface area contributed by atoms with Gasteiger partial charge in [0, 0.05) is 0 Å². The second-order valence-electron chi connectivity index (χ2n) is 7.71. The SMILES string of the molecule is CCOc1cc(/C=C2/SC(=O)NC2=O)ccc1OC(=O)c1ccc(C(C)(C)C)cc1. The quantitative estimate of drug-likeness (QED) is 0.416. The third-order valence-electron chi connectivity index (χ3n) is 4.40. The molecule has 0 atom stereocenters. The number of hydrogen-bond acceptors (Lipinski definition) is 6. The van der Waals surface area contributed by atoms with Gasteiger partial charge in [-0.3, -0.25) is 14.9 Å². The highest BCUT2D eigenvalue weighted by Gasteiger charge is 2.25. The van der Waals surface area contributed by atoms with Crippen LogP contribution in [-0.4, -0.2) is 23.7 Å². The second kappa shape index (κ2) is 8.75. The van der Waals surface area contributed by atoms with Gasteiger partial charge >= 0.3 is 5.97 Å². The minimum atomic E-state index is -0.487. The minimum absolute atomic E-state index is 0.00592. The highest BCUT2D eigenvalue weighted by molar-refractivity contribution is 8.18. The molecule has 0 bridgehead atoms. The van der Waals surface area contributed by atoms with E-state index < -0.39 is 17.1 Å². The molecule has 0 radical (unpaired) electrons. The van der Waals surface area contributed by atoms with Crippen LogP contribution in [-0.2, 0) is 10.2 Å². The maximum absolute atomic E-state index is 12.6.